The van der Waals surface area contributed by atoms with Crippen LogP contribution in [0.5, 0.6) is 11.5 Å². The van der Waals surface area contributed by atoms with Crippen molar-refractivity contribution in [3.63, 3.8) is 0 Å². The highest BCUT2D eigenvalue weighted by atomic mass is 32.1. The van der Waals surface area contributed by atoms with Gasteiger partial charge in [-0.15, -0.1) is 0 Å². The lowest BCUT2D eigenvalue weighted by Gasteiger charge is -2.41. The van der Waals surface area contributed by atoms with Crippen LogP contribution < -0.4 is 9.47 Å². The molecule has 4 heterocycles. The van der Waals surface area contributed by atoms with E-state index >= 15 is 0 Å². The van der Waals surface area contributed by atoms with Crippen molar-refractivity contribution in [3.05, 3.63) is 52.5 Å². The van der Waals surface area contributed by atoms with Crippen LogP contribution in [0.25, 0.3) is 28.2 Å². The molecule has 0 bridgehead atoms. The van der Waals surface area contributed by atoms with Crippen LogP contribution in [0.2, 0.25) is 0 Å². The Balaban J connectivity index is 1.55. The van der Waals surface area contributed by atoms with Crippen LogP contribution >= 0.6 is 11.3 Å². The lowest BCUT2D eigenvalue weighted by atomic mass is 9.48. The summed E-state index contributed by atoms with van der Waals surface area (Å²) in [7, 11) is 9.89. The normalized spacial score (nSPS) is 15.1. The molecule has 8 nitrogen and oxygen atoms in total. The summed E-state index contributed by atoms with van der Waals surface area (Å²) in [6.07, 6.45) is 6.28. The average Bonchev–Trinajstić information content (AvgIpc) is 3.69. The van der Waals surface area contributed by atoms with Gasteiger partial charge < -0.3 is 14.4 Å². The van der Waals surface area contributed by atoms with Crippen molar-refractivity contribution in [1.82, 2.24) is 24.5 Å². The fourth-order valence-corrected chi connectivity index (χ4v) is 6.45. The lowest BCUT2D eigenvalue weighted by Crippen LogP contribution is -2.57. The van der Waals surface area contributed by atoms with E-state index in [0.717, 1.165) is 59.4 Å². The highest BCUT2D eigenvalue weighted by Crippen LogP contribution is 2.46. The van der Waals surface area contributed by atoms with E-state index in [2.05, 4.69) is 38.9 Å². The number of amides is 1. The summed E-state index contributed by atoms with van der Waals surface area (Å²) in [6, 6.07) is 8.17. The zero-order valence-corrected chi connectivity index (χ0v) is 23.3. The van der Waals surface area contributed by atoms with Crippen molar-refractivity contribution in [2.45, 2.75) is 43.6 Å². The third-order valence-corrected chi connectivity index (χ3v) is 8.16. The lowest BCUT2D eigenvalue weighted by molar-refractivity contribution is 0.0664. The van der Waals surface area contributed by atoms with E-state index in [1.54, 1.807) is 23.1 Å². The molecule has 0 spiro atoms. The van der Waals surface area contributed by atoms with E-state index in [4.69, 9.17) is 14.6 Å². The van der Waals surface area contributed by atoms with Gasteiger partial charge in [-0.3, -0.25) is 9.48 Å². The zero-order chi connectivity index (χ0) is 26.6. The molecule has 4 aromatic rings. The smallest absolute Gasteiger partial charge is 0.273 e. The first-order valence-electron chi connectivity index (χ1n) is 13.1. The fraction of sp³-hybridized carbons (Fsp3) is 0.346. The zero-order valence-electron chi connectivity index (χ0n) is 22.5. The van der Waals surface area contributed by atoms with Crippen molar-refractivity contribution < 1.29 is 14.3 Å². The highest BCUT2D eigenvalue weighted by molar-refractivity contribution is 7.08. The minimum absolute atomic E-state index is 0.0276. The molecule has 0 N–H and O–H groups in total. The Morgan fingerprint density at radius 3 is 2.61 bits per heavy atom. The van der Waals surface area contributed by atoms with Crippen LogP contribution in [0.15, 0.2) is 41.2 Å². The van der Waals surface area contributed by atoms with E-state index in [9.17, 15) is 4.79 Å². The van der Waals surface area contributed by atoms with Crippen LogP contribution in [0.3, 0.4) is 0 Å². The van der Waals surface area contributed by atoms with Gasteiger partial charge in [-0.05, 0) is 41.7 Å². The van der Waals surface area contributed by atoms with Gasteiger partial charge in [0.1, 0.15) is 41.6 Å². The molecule has 0 unspecified atom stereocenters. The molecule has 1 amide bonds. The number of carbonyl (C=O) groups excluding carboxylic acids is 1. The average molecular weight is 525 g/mol. The maximum absolute atomic E-state index is 14.3. The second-order valence-electron chi connectivity index (χ2n) is 11.1. The maximum Gasteiger partial charge on any atom is 0.273 e. The molecule has 2 aliphatic rings. The number of ether oxygens (including phenoxy) is 2. The third kappa shape index (κ3) is 4.15. The standard InChI is InChI=1S/C26H30B3N5O3S/c1-32-9-7-20(30-32)17-11-18-22(12-21(17)36-2)37-13-19-23(31-34(24(18)19)16-8-10-38-14-16)25(35)33(26(27,28)29)15-5-3-4-6-15/h7-12,14-15H,3-6,13,27-29H2,1-2H3. The molecule has 1 saturated carbocycles. The summed E-state index contributed by atoms with van der Waals surface area (Å²) in [4.78, 5) is 16.4. The molecule has 6 rings (SSSR count). The molecule has 1 aliphatic carbocycles. The molecule has 0 saturated heterocycles. The van der Waals surface area contributed by atoms with Crippen LogP contribution in [0, 0.1) is 0 Å². The molecule has 3 aromatic heterocycles. The number of rotatable bonds is 6. The van der Waals surface area contributed by atoms with Crippen molar-refractivity contribution in [2.24, 2.45) is 7.05 Å². The van der Waals surface area contributed by atoms with Crippen molar-refractivity contribution >= 4 is 40.8 Å². The number of nitrogens with zero attached hydrogens (tertiary/aromatic N) is 5. The molecule has 0 radical (unpaired) electrons. The monoisotopic (exact) mass is 525 g/mol. The summed E-state index contributed by atoms with van der Waals surface area (Å²) >= 11 is 1.60. The minimum atomic E-state index is -0.321. The van der Waals surface area contributed by atoms with Gasteiger partial charge in [0.05, 0.1) is 24.2 Å². The topological polar surface area (TPSA) is 74.4 Å². The first-order chi connectivity index (χ1) is 18.3. The highest BCUT2D eigenvalue weighted by Gasteiger charge is 2.39. The maximum atomic E-state index is 14.3. The second-order valence-corrected chi connectivity index (χ2v) is 11.8. The number of fused-ring (bicyclic) bond motifs is 3. The SMILES string of the molecule is BC(B)(B)N(C(=O)c1nn(-c2ccsc2)c2c1COc1cc(OC)c(-c3ccn(C)n3)cc1-2)C1CCCC1. The largest absolute Gasteiger partial charge is 0.496 e. The van der Waals surface area contributed by atoms with Gasteiger partial charge in [-0.25, -0.2) is 4.68 Å². The summed E-state index contributed by atoms with van der Waals surface area (Å²) in [6.45, 7) is 0.266. The van der Waals surface area contributed by atoms with E-state index in [0.29, 0.717) is 17.2 Å². The summed E-state index contributed by atoms with van der Waals surface area (Å²) < 4.78 is 15.7. The van der Waals surface area contributed by atoms with Crippen LogP contribution in [-0.2, 0) is 13.7 Å². The number of benzene rings is 1. The minimum Gasteiger partial charge on any atom is -0.496 e. The number of thiophene rings is 1. The number of aromatic nitrogens is 4. The molecule has 1 fully saturated rings. The van der Waals surface area contributed by atoms with Crippen LogP contribution in [-0.4, -0.2) is 72.3 Å². The van der Waals surface area contributed by atoms with Crippen molar-refractivity contribution in [2.75, 3.05) is 7.11 Å². The van der Waals surface area contributed by atoms with Gasteiger partial charge in [-0.1, -0.05) is 12.8 Å². The number of hydrogen-bond donors (Lipinski definition) is 0. The Morgan fingerprint density at radius 1 is 1.18 bits per heavy atom. The van der Waals surface area contributed by atoms with Crippen LogP contribution in [0.4, 0.5) is 0 Å². The van der Waals surface area contributed by atoms with E-state index in [1.807, 2.05) is 47.6 Å². The Labute approximate surface area is 229 Å². The van der Waals surface area contributed by atoms with Gasteiger partial charge in [-0.2, -0.15) is 21.5 Å². The Hall–Kier alpha value is -3.40. The first kappa shape index (κ1) is 24.9. The number of carbonyl (C=O) groups is 1. The summed E-state index contributed by atoms with van der Waals surface area (Å²) in [5, 5.41) is 13.4. The quantitative estimate of drug-likeness (QED) is 0.360. The van der Waals surface area contributed by atoms with Gasteiger partial charge in [0, 0.05) is 47.4 Å². The summed E-state index contributed by atoms with van der Waals surface area (Å²) in [5.74, 6) is 1.36. The fourth-order valence-electron chi connectivity index (χ4n) is 5.84. The van der Waals surface area contributed by atoms with E-state index < -0.39 is 0 Å². The predicted molar refractivity (Wildman–Crippen MR) is 157 cm³/mol. The predicted octanol–water partition coefficient (Wildman–Crippen LogP) is 1.80. The van der Waals surface area contributed by atoms with Gasteiger partial charge >= 0.3 is 0 Å². The number of aryl methyl sites for hydroxylation is 1. The molecule has 0 atom stereocenters. The van der Waals surface area contributed by atoms with Gasteiger partial charge in [0.25, 0.3) is 5.91 Å². The second kappa shape index (κ2) is 9.41. The molecule has 1 aromatic carbocycles. The summed E-state index contributed by atoms with van der Waals surface area (Å²) in [5.41, 5.74) is 5.62. The molecule has 38 heavy (non-hydrogen) atoms. The van der Waals surface area contributed by atoms with Crippen molar-refractivity contribution in [1.29, 1.82) is 0 Å². The van der Waals surface area contributed by atoms with Gasteiger partial charge in [0.2, 0.25) is 0 Å². The molecule has 1 aliphatic heterocycles. The molecule has 12 heteroatoms. The molecular weight excluding hydrogens is 495 g/mol. The first-order valence-corrected chi connectivity index (χ1v) is 14.0. The Kier molecular flexibility index (Phi) is 6.17. The van der Waals surface area contributed by atoms with E-state index in [1.165, 1.54) is 0 Å². The van der Waals surface area contributed by atoms with Gasteiger partial charge in [0.15, 0.2) is 5.69 Å². The Morgan fingerprint density at radius 2 is 1.97 bits per heavy atom. The number of methoxy groups -OCH3 is 1. The molecule has 192 valence electrons. The third-order valence-electron chi connectivity index (χ3n) is 7.49. The molecular formula is C26H30B3N5O3S. The van der Waals surface area contributed by atoms with Crippen LogP contribution in [0.1, 0.15) is 41.7 Å². The Bertz CT molecular complexity index is 1500. The number of hydrogen-bond acceptors (Lipinski definition) is 6. The van der Waals surface area contributed by atoms with E-state index in [-0.39, 0.29) is 23.8 Å². The van der Waals surface area contributed by atoms with Crippen molar-refractivity contribution in [3.8, 4) is 39.7 Å².